The smallest absolute Gasteiger partial charge is 0.328 e. The van der Waals surface area contributed by atoms with Crippen LogP contribution in [0.2, 0.25) is 5.02 Å². The molecule has 2 rings (SSSR count). The van der Waals surface area contributed by atoms with Gasteiger partial charge in [0.2, 0.25) is 11.8 Å². The van der Waals surface area contributed by atoms with Crippen molar-refractivity contribution >= 4 is 35.1 Å². The van der Waals surface area contributed by atoms with E-state index in [1.807, 2.05) is 0 Å². The Morgan fingerprint density at radius 3 is 2.48 bits per heavy atom. The number of nitrogens with zero attached hydrogens (tertiary/aromatic N) is 1. The zero-order valence-corrected chi connectivity index (χ0v) is 13.2. The molecule has 1 aliphatic heterocycles. The van der Waals surface area contributed by atoms with Crippen LogP contribution in [-0.2, 0) is 14.4 Å². The van der Waals surface area contributed by atoms with Crippen LogP contribution in [0.1, 0.15) is 13.3 Å². The van der Waals surface area contributed by atoms with E-state index in [0.717, 1.165) is 0 Å². The zero-order valence-electron chi connectivity index (χ0n) is 12.4. The number of aliphatic hydroxyl groups is 1. The van der Waals surface area contributed by atoms with Gasteiger partial charge >= 0.3 is 5.97 Å². The van der Waals surface area contributed by atoms with Gasteiger partial charge < -0.3 is 20.4 Å². The van der Waals surface area contributed by atoms with E-state index in [1.165, 1.54) is 11.8 Å². The number of carboxylic acid groups (broad SMARTS) is 1. The Labute approximate surface area is 137 Å². The molecule has 8 heteroatoms. The molecule has 0 saturated carbocycles. The van der Waals surface area contributed by atoms with E-state index in [-0.39, 0.29) is 18.9 Å². The normalized spacial score (nSPS) is 20.2. The number of hydrogen-bond donors (Lipinski definition) is 3. The fraction of sp³-hybridized carbons (Fsp3) is 0.400. The SMILES string of the molecule is CC(O)C(NC(=O)C1CC(=O)N(c2ccc(Cl)cc2)C1)C(=O)O. The van der Waals surface area contributed by atoms with Crippen molar-refractivity contribution in [2.24, 2.45) is 5.92 Å². The molecule has 0 bridgehead atoms. The van der Waals surface area contributed by atoms with Crippen LogP contribution < -0.4 is 10.2 Å². The fourth-order valence-corrected chi connectivity index (χ4v) is 2.54. The van der Waals surface area contributed by atoms with Crippen molar-refractivity contribution in [1.82, 2.24) is 5.32 Å². The van der Waals surface area contributed by atoms with Gasteiger partial charge in [0.15, 0.2) is 6.04 Å². The van der Waals surface area contributed by atoms with Crippen molar-refractivity contribution < 1.29 is 24.6 Å². The van der Waals surface area contributed by atoms with Crippen molar-refractivity contribution in [2.45, 2.75) is 25.5 Å². The van der Waals surface area contributed by atoms with Crippen LogP contribution in [-0.4, -0.2) is 46.7 Å². The molecule has 0 aliphatic carbocycles. The highest BCUT2D eigenvalue weighted by atomic mass is 35.5. The van der Waals surface area contributed by atoms with E-state index in [9.17, 15) is 19.5 Å². The van der Waals surface area contributed by atoms with Gasteiger partial charge in [-0.3, -0.25) is 9.59 Å². The van der Waals surface area contributed by atoms with Crippen LogP contribution in [0.25, 0.3) is 0 Å². The molecule has 1 saturated heterocycles. The molecule has 1 aromatic rings. The lowest BCUT2D eigenvalue weighted by Gasteiger charge is -2.20. The Bertz CT molecular complexity index is 617. The van der Waals surface area contributed by atoms with E-state index in [4.69, 9.17) is 16.7 Å². The third-order valence-electron chi connectivity index (χ3n) is 3.68. The molecule has 0 spiro atoms. The van der Waals surface area contributed by atoms with Gasteiger partial charge in [0, 0.05) is 23.7 Å². The number of carboxylic acids is 1. The first-order chi connectivity index (χ1) is 10.8. The molecule has 1 heterocycles. The minimum absolute atomic E-state index is 0.0133. The number of rotatable bonds is 5. The molecule has 7 nitrogen and oxygen atoms in total. The first-order valence-corrected chi connectivity index (χ1v) is 7.44. The molecule has 3 N–H and O–H groups in total. The summed E-state index contributed by atoms with van der Waals surface area (Å²) in [7, 11) is 0. The molecule has 3 unspecified atom stereocenters. The molecule has 3 atom stereocenters. The predicted molar refractivity (Wildman–Crippen MR) is 83.2 cm³/mol. The molecule has 1 fully saturated rings. The molecule has 124 valence electrons. The summed E-state index contributed by atoms with van der Waals surface area (Å²) in [5.41, 5.74) is 0.625. The maximum atomic E-state index is 12.2. The summed E-state index contributed by atoms with van der Waals surface area (Å²) in [5, 5.41) is 21.2. The van der Waals surface area contributed by atoms with Crippen molar-refractivity contribution in [3.8, 4) is 0 Å². The fourth-order valence-electron chi connectivity index (χ4n) is 2.41. The summed E-state index contributed by atoms with van der Waals surface area (Å²) in [6, 6.07) is 5.24. The summed E-state index contributed by atoms with van der Waals surface area (Å²) in [6.07, 6.45) is -1.25. The number of aliphatic carboxylic acids is 1. The molecule has 0 aromatic heterocycles. The Morgan fingerprint density at radius 2 is 1.96 bits per heavy atom. The second-order valence-corrected chi connectivity index (χ2v) is 5.88. The lowest BCUT2D eigenvalue weighted by Crippen LogP contribution is -2.49. The first-order valence-electron chi connectivity index (χ1n) is 7.06. The van der Waals surface area contributed by atoms with Gasteiger partial charge in [0.1, 0.15) is 0 Å². The number of aliphatic hydroxyl groups excluding tert-OH is 1. The van der Waals surface area contributed by atoms with Crippen molar-refractivity contribution in [3.63, 3.8) is 0 Å². The maximum Gasteiger partial charge on any atom is 0.328 e. The zero-order chi connectivity index (χ0) is 17.1. The topological polar surface area (TPSA) is 107 Å². The molecular weight excluding hydrogens is 324 g/mol. The van der Waals surface area contributed by atoms with Gasteiger partial charge in [-0.25, -0.2) is 4.79 Å². The minimum atomic E-state index is -1.40. The summed E-state index contributed by atoms with van der Waals surface area (Å²) < 4.78 is 0. The van der Waals surface area contributed by atoms with Crippen LogP contribution in [0.3, 0.4) is 0 Å². The second kappa shape index (κ2) is 6.97. The molecule has 0 radical (unpaired) electrons. The summed E-state index contributed by atoms with van der Waals surface area (Å²) in [4.78, 5) is 36.7. The quantitative estimate of drug-likeness (QED) is 0.729. The Morgan fingerprint density at radius 1 is 1.35 bits per heavy atom. The standard InChI is InChI=1S/C15H17ClN2O5/c1-8(19)13(15(22)23)17-14(21)9-6-12(20)18(7-9)11-4-2-10(16)3-5-11/h2-5,8-9,13,19H,6-7H2,1H3,(H,17,21)(H,22,23). The lowest BCUT2D eigenvalue weighted by atomic mass is 10.1. The van der Waals surface area contributed by atoms with E-state index >= 15 is 0 Å². The van der Waals surface area contributed by atoms with Gasteiger partial charge in [-0.15, -0.1) is 0 Å². The van der Waals surface area contributed by atoms with Crippen molar-refractivity contribution in [3.05, 3.63) is 29.3 Å². The predicted octanol–water partition coefficient (Wildman–Crippen LogP) is 0.643. The second-order valence-electron chi connectivity index (χ2n) is 5.45. The number of anilines is 1. The third kappa shape index (κ3) is 4.00. The number of nitrogens with one attached hydrogen (secondary N) is 1. The number of carbonyl (C=O) groups excluding carboxylic acids is 2. The minimum Gasteiger partial charge on any atom is -0.480 e. The van der Waals surface area contributed by atoms with Crippen LogP contribution >= 0.6 is 11.6 Å². The highest BCUT2D eigenvalue weighted by Crippen LogP contribution is 2.26. The Hall–Kier alpha value is -2.12. The van der Waals surface area contributed by atoms with E-state index in [0.29, 0.717) is 10.7 Å². The number of benzene rings is 1. The number of halogens is 1. The summed E-state index contributed by atoms with van der Waals surface area (Å²) >= 11 is 5.80. The van der Waals surface area contributed by atoms with Crippen molar-refractivity contribution in [2.75, 3.05) is 11.4 Å². The molecule has 1 aliphatic rings. The van der Waals surface area contributed by atoms with Crippen LogP contribution in [0.4, 0.5) is 5.69 Å². The largest absolute Gasteiger partial charge is 0.480 e. The van der Waals surface area contributed by atoms with Gasteiger partial charge in [0.25, 0.3) is 0 Å². The van der Waals surface area contributed by atoms with Crippen molar-refractivity contribution in [1.29, 1.82) is 0 Å². The van der Waals surface area contributed by atoms with E-state index < -0.39 is 29.9 Å². The average Bonchev–Trinajstić information content (AvgIpc) is 2.86. The Kier molecular flexibility index (Phi) is 5.23. The van der Waals surface area contributed by atoms with Gasteiger partial charge in [0.05, 0.1) is 12.0 Å². The van der Waals surface area contributed by atoms with Crippen LogP contribution in [0.15, 0.2) is 24.3 Å². The number of hydrogen-bond acceptors (Lipinski definition) is 4. The van der Waals surface area contributed by atoms with Gasteiger partial charge in [-0.1, -0.05) is 11.6 Å². The van der Waals surface area contributed by atoms with E-state index in [1.54, 1.807) is 24.3 Å². The van der Waals surface area contributed by atoms with Gasteiger partial charge in [-0.2, -0.15) is 0 Å². The summed E-state index contributed by atoms with van der Waals surface area (Å²) in [5.74, 6) is -2.79. The average molecular weight is 341 g/mol. The van der Waals surface area contributed by atoms with E-state index in [2.05, 4.69) is 5.32 Å². The lowest BCUT2D eigenvalue weighted by molar-refractivity contribution is -0.145. The molecule has 23 heavy (non-hydrogen) atoms. The van der Waals surface area contributed by atoms with Crippen LogP contribution in [0, 0.1) is 5.92 Å². The number of carbonyl (C=O) groups is 3. The highest BCUT2D eigenvalue weighted by molar-refractivity contribution is 6.30. The Balaban J connectivity index is 2.05. The molecular formula is C15H17ClN2O5. The maximum absolute atomic E-state index is 12.2. The first kappa shape index (κ1) is 17.2. The highest BCUT2D eigenvalue weighted by Gasteiger charge is 2.37. The third-order valence-corrected chi connectivity index (χ3v) is 3.93. The van der Waals surface area contributed by atoms with Gasteiger partial charge in [-0.05, 0) is 31.2 Å². The monoisotopic (exact) mass is 340 g/mol. The number of amides is 2. The molecule has 1 aromatic carbocycles. The summed E-state index contributed by atoms with van der Waals surface area (Å²) in [6.45, 7) is 1.43. The molecule has 2 amide bonds. The van der Waals surface area contributed by atoms with Crippen LogP contribution in [0.5, 0.6) is 0 Å².